The Labute approximate surface area is 173 Å². The van der Waals surface area contributed by atoms with Gasteiger partial charge in [-0.2, -0.15) is 5.26 Å². The lowest BCUT2D eigenvalue weighted by Gasteiger charge is -2.10. The molecule has 0 saturated carbocycles. The number of carbonyl (C=O) groups excluding carboxylic acids is 1. The van der Waals surface area contributed by atoms with E-state index in [0.717, 1.165) is 15.6 Å². The molecule has 28 heavy (non-hydrogen) atoms. The van der Waals surface area contributed by atoms with E-state index in [0.29, 0.717) is 23.5 Å². The van der Waals surface area contributed by atoms with Gasteiger partial charge in [0.15, 0.2) is 0 Å². The van der Waals surface area contributed by atoms with Crippen molar-refractivity contribution >= 4 is 27.8 Å². The van der Waals surface area contributed by atoms with Crippen molar-refractivity contribution in [3.8, 4) is 11.8 Å². The van der Waals surface area contributed by atoms with Gasteiger partial charge in [0, 0.05) is 15.6 Å². The highest BCUT2D eigenvalue weighted by molar-refractivity contribution is 9.10. The summed E-state index contributed by atoms with van der Waals surface area (Å²) in [5.41, 5.74) is 3.34. The number of rotatable bonds is 6. The Bertz CT molecular complexity index is 1050. The van der Waals surface area contributed by atoms with Crippen LogP contribution < -0.4 is 4.74 Å². The van der Waals surface area contributed by atoms with E-state index in [1.54, 1.807) is 18.2 Å². The second-order valence-corrected chi connectivity index (χ2v) is 7.23. The Hall–Kier alpha value is -3.16. The lowest BCUT2D eigenvalue weighted by molar-refractivity contribution is 0.104. The first-order valence-electron chi connectivity index (χ1n) is 8.76. The van der Waals surface area contributed by atoms with Crippen LogP contribution in [0.5, 0.6) is 5.75 Å². The SMILES string of the molecule is Cc1ccc(C(=O)/C(C#N)=C/c2ccccc2OCc2ccc(Br)cc2)cc1. The van der Waals surface area contributed by atoms with Crippen molar-refractivity contribution in [2.75, 3.05) is 0 Å². The molecule has 0 aromatic heterocycles. The van der Waals surface area contributed by atoms with Crippen molar-refractivity contribution < 1.29 is 9.53 Å². The summed E-state index contributed by atoms with van der Waals surface area (Å²) in [6.45, 7) is 2.35. The molecule has 0 aliphatic carbocycles. The third-order valence-electron chi connectivity index (χ3n) is 4.21. The molecule has 3 nitrogen and oxygen atoms in total. The monoisotopic (exact) mass is 431 g/mol. The number of para-hydroxylation sites is 1. The van der Waals surface area contributed by atoms with Gasteiger partial charge in [-0.1, -0.05) is 76.1 Å². The van der Waals surface area contributed by atoms with Gasteiger partial charge in [-0.3, -0.25) is 4.79 Å². The summed E-state index contributed by atoms with van der Waals surface area (Å²) < 4.78 is 6.94. The maximum atomic E-state index is 12.7. The summed E-state index contributed by atoms with van der Waals surface area (Å²) in [7, 11) is 0. The largest absolute Gasteiger partial charge is 0.488 e. The van der Waals surface area contributed by atoms with Crippen molar-refractivity contribution in [3.63, 3.8) is 0 Å². The number of ether oxygens (including phenoxy) is 1. The van der Waals surface area contributed by atoms with Crippen LogP contribution in [0.2, 0.25) is 0 Å². The van der Waals surface area contributed by atoms with Crippen LogP contribution in [-0.2, 0) is 6.61 Å². The molecular weight excluding hydrogens is 414 g/mol. The number of Topliss-reactive ketones (excluding diaryl/α,β-unsaturated/α-hetero) is 1. The van der Waals surface area contributed by atoms with Crippen molar-refractivity contribution in [2.45, 2.75) is 13.5 Å². The van der Waals surface area contributed by atoms with Gasteiger partial charge in [0.1, 0.15) is 24.0 Å². The Morgan fingerprint density at radius 1 is 1.04 bits per heavy atom. The first kappa shape index (κ1) is 19.6. The number of hydrogen-bond acceptors (Lipinski definition) is 3. The number of aryl methyl sites for hydroxylation is 1. The third-order valence-corrected chi connectivity index (χ3v) is 4.73. The molecule has 0 fully saturated rings. The molecule has 0 amide bonds. The molecule has 0 bridgehead atoms. The molecule has 0 unspecified atom stereocenters. The van der Waals surface area contributed by atoms with Gasteiger partial charge in [-0.15, -0.1) is 0 Å². The predicted molar refractivity (Wildman–Crippen MR) is 114 cm³/mol. The van der Waals surface area contributed by atoms with Crippen molar-refractivity contribution in [1.82, 2.24) is 0 Å². The minimum absolute atomic E-state index is 0.0727. The number of carbonyl (C=O) groups is 1. The minimum Gasteiger partial charge on any atom is -0.488 e. The molecule has 0 saturated heterocycles. The number of ketones is 1. The predicted octanol–water partition coefficient (Wildman–Crippen LogP) is 6.13. The highest BCUT2D eigenvalue weighted by Crippen LogP contribution is 2.23. The van der Waals surface area contributed by atoms with Crippen LogP contribution in [0, 0.1) is 18.3 Å². The van der Waals surface area contributed by atoms with E-state index < -0.39 is 0 Å². The average Bonchev–Trinajstić information content (AvgIpc) is 2.72. The average molecular weight is 432 g/mol. The van der Waals surface area contributed by atoms with E-state index >= 15 is 0 Å². The maximum absolute atomic E-state index is 12.7. The van der Waals surface area contributed by atoms with Crippen molar-refractivity contribution in [2.24, 2.45) is 0 Å². The Kier molecular flexibility index (Phi) is 6.41. The van der Waals surface area contributed by atoms with Gasteiger partial charge in [-0.05, 0) is 36.8 Å². The topological polar surface area (TPSA) is 50.1 Å². The summed E-state index contributed by atoms with van der Waals surface area (Å²) in [5, 5.41) is 9.51. The number of hydrogen-bond donors (Lipinski definition) is 0. The summed E-state index contributed by atoms with van der Waals surface area (Å²) in [4.78, 5) is 12.7. The van der Waals surface area contributed by atoms with E-state index in [1.807, 2.05) is 73.7 Å². The summed E-state index contributed by atoms with van der Waals surface area (Å²) in [6, 6.07) is 24.4. The van der Waals surface area contributed by atoms with E-state index in [1.165, 1.54) is 0 Å². The fourth-order valence-electron chi connectivity index (χ4n) is 2.64. The maximum Gasteiger partial charge on any atom is 0.203 e. The van der Waals surface area contributed by atoms with Gasteiger partial charge in [0.05, 0.1) is 0 Å². The molecule has 3 rings (SSSR count). The third kappa shape index (κ3) is 4.97. The summed E-state index contributed by atoms with van der Waals surface area (Å²) in [6.07, 6.45) is 1.58. The lowest BCUT2D eigenvalue weighted by Crippen LogP contribution is -2.02. The van der Waals surface area contributed by atoms with Crippen molar-refractivity contribution in [1.29, 1.82) is 5.26 Å². The Morgan fingerprint density at radius 3 is 2.39 bits per heavy atom. The van der Waals surface area contributed by atoms with Crippen molar-refractivity contribution in [3.05, 3.63) is 105 Å². The van der Waals surface area contributed by atoms with Gasteiger partial charge >= 0.3 is 0 Å². The van der Waals surface area contributed by atoms with Crippen LogP contribution in [0.25, 0.3) is 6.08 Å². The van der Waals surface area contributed by atoms with Gasteiger partial charge < -0.3 is 4.74 Å². The van der Waals surface area contributed by atoms with E-state index in [9.17, 15) is 10.1 Å². The molecule has 138 valence electrons. The van der Waals surface area contributed by atoms with Crippen LogP contribution in [-0.4, -0.2) is 5.78 Å². The summed E-state index contributed by atoms with van der Waals surface area (Å²) in [5.74, 6) is 0.320. The number of nitriles is 1. The summed E-state index contributed by atoms with van der Waals surface area (Å²) >= 11 is 3.41. The van der Waals surface area contributed by atoms with Crippen LogP contribution >= 0.6 is 15.9 Å². The minimum atomic E-state index is -0.301. The first-order valence-corrected chi connectivity index (χ1v) is 9.55. The number of nitrogens with zero attached hydrogens (tertiary/aromatic N) is 1. The second-order valence-electron chi connectivity index (χ2n) is 6.32. The van der Waals surface area contributed by atoms with Gasteiger partial charge in [0.25, 0.3) is 0 Å². The molecule has 3 aromatic carbocycles. The Morgan fingerprint density at radius 2 is 1.71 bits per heavy atom. The molecule has 4 heteroatoms. The molecule has 0 radical (unpaired) electrons. The lowest BCUT2D eigenvalue weighted by atomic mass is 10.0. The number of benzene rings is 3. The van der Waals surface area contributed by atoms with E-state index in [2.05, 4.69) is 15.9 Å². The molecule has 0 spiro atoms. The zero-order chi connectivity index (χ0) is 19.9. The first-order chi connectivity index (χ1) is 13.6. The smallest absolute Gasteiger partial charge is 0.203 e. The zero-order valence-electron chi connectivity index (χ0n) is 15.4. The van der Waals surface area contributed by atoms with Crippen LogP contribution in [0.4, 0.5) is 0 Å². The normalized spacial score (nSPS) is 11.0. The highest BCUT2D eigenvalue weighted by atomic mass is 79.9. The molecular formula is C24H18BrNO2. The Balaban J connectivity index is 1.83. The van der Waals surface area contributed by atoms with E-state index in [-0.39, 0.29) is 11.4 Å². The van der Waals surface area contributed by atoms with Crippen LogP contribution in [0.3, 0.4) is 0 Å². The van der Waals surface area contributed by atoms with Gasteiger partial charge in [0.2, 0.25) is 5.78 Å². The quantitative estimate of drug-likeness (QED) is 0.268. The molecule has 0 N–H and O–H groups in total. The fourth-order valence-corrected chi connectivity index (χ4v) is 2.90. The molecule has 0 atom stereocenters. The standard InChI is InChI=1S/C24H18BrNO2/c1-17-6-10-19(11-7-17)24(27)21(15-26)14-20-4-2-3-5-23(20)28-16-18-8-12-22(25)13-9-18/h2-14H,16H2,1H3/b21-14+. The second kappa shape index (κ2) is 9.16. The molecule has 0 aliphatic rings. The highest BCUT2D eigenvalue weighted by Gasteiger charge is 2.13. The molecule has 0 aliphatic heterocycles. The molecule has 0 heterocycles. The fraction of sp³-hybridized carbons (Fsp3) is 0.0833. The van der Waals surface area contributed by atoms with Gasteiger partial charge in [-0.25, -0.2) is 0 Å². The zero-order valence-corrected chi connectivity index (χ0v) is 16.9. The van der Waals surface area contributed by atoms with Crippen LogP contribution in [0.1, 0.15) is 27.0 Å². The molecule has 3 aromatic rings. The number of allylic oxidation sites excluding steroid dienone is 1. The van der Waals surface area contributed by atoms with E-state index in [4.69, 9.17) is 4.74 Å². The number of halogens is 1. The van der Waals surface area contributed by atoms with Crippen LogP contribution in [0.15, 0.2) is 82.8 Å².